The molecule has 2 N–H and O–H groups in total. The summed E-state index contributed by atoms with van der Waals surface area (Å²) in [7, 11) is 3.07. The number of nitrogens with one attached hydrogen (secondary N) is 1. The van der Waals surface area contributed by atoms with Gasteiger partial charge in [-0.1, -0.05) is 11.2 Å². The first-order valence-electron chi connectivity index (χ1n) is 11.1. The SMILES string of the molecule is COc1ccc(-c2noc(C3=C(C)N(Cc4ccco4)C(=O)NC3c3ccc(OC)c(O)c3)n2)cc1. The third-order valence-electron chi connectivity index (χ3n) is 6.03. The first-order valence-corrected chi connectivity index (χ1v) is 11.1. The third-order valence-corrected chi connectivity index (χ3v) is 6.03. The summed E-state index contributed by atoms with van der Waals surface area (Å²) in [6.07, 6.45) is 1.55. The van der Waals surface area contributed by atoms with Crippen molar-refractivity contribution in [1.82, 2.24) is 20.4 Å². The van der Waals surface area contributed by atoms with Crippen LogP contribution in [-0.4, -0.2) is 40.4 Å². The zero-order chi connectivity index (χ0) is 25.2. The summed E-state index contributed by atoms with van der Waals surface area (Å²) in [6, 6.07) is 14.8. The van der Waals surface area contributed by atoms with Crippen molar-refractivity contribution in [2.24, 2.45) is 0 Å². The van der Waals surface area contributed by atoms with Crippen molar-refractivity contribution >= 4 is 11.6 Å². The molecular weight excluding hydrogens is 464 g/mol. The Kier molecular flexibility index (Phi) is 6.07. The Hall–Kier alpha value is -4.73. The minimum atomic E-state index is -0.661. The Morgan fingerprint density at radius 3 is 2.58 bits per heavy atom. The number of aromatic nitrogens is 2. The third kappa shape index (κ3) is 4.24. The van der Waals surface area contributed by atoms with E-state index in [0.29, 0.717) is 39.9 Å². The number of rotatable bonds is 7. The van der Waals surface area contributed by atoms with Crippen molar-refractivity contribution in [3.63, 3.8) is 0 Å². The van der Waals surface area contributed by atoms with Crippen LogP contribution in [0.4, 0.5) is 4.79 Å². The lowest BCUT2D eigenvalue weighted by atomic mass is 9.94. The van der Waals surface area contributed by atoms with Crippen LogP contribution in [-0.2, 0) is 6.54 Å². The number of hydrogen-bond acceptors (Lipinski definition) is 8. The first-order chi connectivity index (χ1) is 17.5. The highest BCUT2D eigenvalue weighted by Gasteiger charge is 2.36. The van der Waals surface area contributed by atoms with E-state index < -0.39 is 6.04 Å². The minimum absolute atomic E-state index is 0.0521. The Bertz CT molecular complexity index is 1410. The van der Waals surface area contributed by atoms with Gasteiger partial charge in [0.05, 0.1) is 38.6 Å². The van der Waals surface area contributed by atoms with E-state index in [9.17, 15) is 9.90 Å². The van der Waals surface area contributed by atoms with Gasteiger partial charge in [0, 0.05) is 11.3 Å². The Labute approximate surface area is 206 Å². The lowest BCUT2D eigenvalue weighted by Crippen LogP contribution is -2.45. The predicted molar refractivity (Wildman–Crippen MR) is 129 cm³/mol. The second-order valence-electron chi connectivity index (χ2n) is 8.13. The number of ether oxygens (including phenoxy) is 2. The van der Waals surface area contributed by atoms with Crippen LogP contribution in [0.1, 0.15) is 30.2 Å². The van der Waals surface area contributed by atoms with Crippen molar-refractivity contribution in [2.45, 2.75) is 19.5 Å². The van der Waals surface area contributed by atoms with Gasteiger partial charge < -0.3 is 28.8 Å². The van der Waals surface area contributed by atoms with Gasteiger partial charge in [0.25, 0.3) is 5.89 Å². The molecule has 0 saturated carbocycles. The number of phenolic OH excluding ortho intramolecular Hbond substituents is 1. The standard InChI is InChI=1S/C26H24N4O6/c1-15-22(25-28-24(29-36-25)16-6-9-18(33-2)10-7-16)23(17-8-11-21(34-3)20(31)13-17)27-26(32)30(15)14-19-5-4-12-35-19/h4-13,23,31H,14H2,1-3H3,(H,27,32). The van der Waals surface area contributed by atoms with E-state index >= 15 is 0 Å². The topological polar surface area (TPSA) is 123 Å². The van der Waals surface area contributed by atoms with Crippen LogP contribution >= 0.6 is 0 Å². The largest absolute Gasteiger partial charge is 0.504 e. The Morgan fingerprint density at radius 1 is 1.11 bits per heavy atom. The van der Waals surface area contributed by atoms with Gasteiger partial charge in [0.15, 0.2) is 11.5 Å². The molecule has 1 aliphatic heterocycles. The van der Waals surface area contributed by atoms with Crippen molar-refractivity contribution in [3.05, 3.63) is 83.8 Å². The molecule has 2 amide bonds. The van der Waals surface area contributed by atoms with Crippen molar-refractivity contribution in [2.75, 3.05) is 14.2 Å². The highest BCUT2D eigenvalue weighted by molar-refractivity contribution is 5.87. The number of carbonyl (C=O) groups is 1. The van der Waals surface area contributed by atoms with Crippen molar-refractivity contribution in [3.8, 4) is 28.6 Å². The lowest BCUT2D eigenvalue weighted by Gasteiger charge is -2.34. The molecule has 36 heavy (non-hydrogen) atoms. The minimum Gasteiger partial charge on any atom is -0.504 e. The van der Waals surface area contributed by atoms with Crippen LogP contribution in [0.3, 0.4) is 0 Å². The van der Waals surface area contributed by atoms with Crippen LogP contribution in [0.5, 0.6) is 17.2 Å². The molecule has 2 aromatic heterocycles. The summed E-state index contributed by atoms with van der Waals surface area (Å²) in [6.45, 7) is 2.03. The molecule has 0 aliphatic carbocycles. The van der Waals surface area contributed by atoms with Gasteiger partial charge in [0.2, 0.25) is 5.82 Å². The number of benzene rings is 2. The number of methoxy groups -OCH3 is 2. The van der Waals surface area contributed by atoms with E-state index in [1.54, 1.807) is 48.6 Å². The highest BCUT2D eigenvalue weighted by Crippen LogP contribution is 2.40. The number of carbonyl (C=O) groups excluding carboxylic acids is 1. The van der Waals surface area contributed by atoms with Gasteiger partial charge in [-0.25, -0.2) is 4.79 Å². The van der Waals surface area contributed by atoms with E-state index in [1.165, 1.54) is 7.11 Å². The number of aromatic hydroxyl groups is 1. The number of phenols is 1. The monoisotopic (exact) mass is 488 g/mol. The van der Waals surface area contributed by atoms with Gasteiger partial charge in [0.1, 0.15) is 11.5 Å². The molecule has 1 atom stereocenters. The normalized spacial score (nSPS) is 15.7. The fourth-order valence-electron chi connectivity index (χ4n) is 4.13. The first kappa shape index (κ1) is 23.0. The van der Waals surface area contributed by atoms with E-state index in [1.807, 2.05) is 31.2 Å². The van der Waals surface area contributed by atoms with Crippen molar-refractivity contribution < 1.29 is 28.3 Å². The number of furan rings is 1. The quantitative estimate of drug-likeness (QED) is 0.382. The summed E-state index contributed by atoms with van der Waals surface area (Å²) in [4.78, 5) is 19.3. The molecule has 0 radical (unpaired) electrons. The maximum Gasteiger partial charge on any atom is 0.322 e. The maximum absolute atomic E-state index is 13.2. The van der Waals surface area contributed by atoms with Gasteiger partial charge in [-0.15, -0.1) is 0 Å². The zero-order valence-corrected chi connectivity index (χ0v) is 19.9. The van der Waals surface area contributed by atoms with Gasteiger partial charge in [-0.05, 0) is 61.0 Å². The average Bonchev–Trinajstić information content (AvgIpc) is 3.59. The number of urea groups is 1. The molecule has 4 aromatic rings. The molecule has 1 aliphatic rings. The number of amides is 2. The van der Waals surface area contributed by atoms with Crippen LogP contribution < -0.4 is 14.8 Å². The molecule has 1 unspecified atom stereocenters. The summed E-state index contributed by atoms with van der Waals surface area (Å²) in [5.41, 5.74) is 2.58. The fraction of sp³-hybridized carbons (Fsp3) is 0.192. The molecule has 3 heterocycles. The average molecular weight is 489 g/mol. The number of allylic oxidation sites excluding steroid dienone is 1. The molecule has 10 heteroatoms. The molecule has 0 fully saturated rings. The van der Waals surface area contributed by atoms with E-state index in [4.69, 9.17) is 18.4 Å². The summed E-state index contributed by atoms with van der Waals surface area (Å²) < 4.78 is 21.5. The fourth-order valence-corrected chi connectivity index (χ4v) is 4.13. The molecule has 0 spiro atoms. The lowest BCUT2D eigenvalue weighted by molar-refractivity contribution is 0.199. The molecule has 10 nitrogen and oxygen atoms in total. The van der Waals surface area contributed by atoms with E-state index in [-0.39, 0.29) is 24.2 Å². The smallest absolute Gasteiger partial charge is 0.322 e. The highest BCUT2D eigenvalue weighted by atomic mass is 16.5. The summed E-state index contributed by atoms with van der Waals surface area (Å²) in [5.74, 6) is 2.23. The van der Waals surface area contributed by atoms with Gasteiger partial charge in [-0.2, -0.15) is 4.98 Å². The van der Waals surface area contributed by atoms with E-state index in [2.05, 4.69) is 15.5 Å². The van der Waals surface area contributed by atoms with Crippen molar-refractivity contribution in [1.29, 1.82) is 0 Å². The van der Waals surface area contributed by atoms with Crippen LogP contribution in [0.25, 0.3) is 17.0 Å². The van der Waals surface area contributed by atoms with Crippen LogP contribution in [0.2, 0.25) is 0 Å². The molecule has 0 bridgehead atoms. The molecule has 2 aromatic carbocycles. The molecule has 5 rings (SSSR count). The van der Waals surface area contributed by atoms with Gasteiger partial charge >= 0.3 is 6.03 Å². The molecule has 184 valence electrons. The summed E-state index contributed by atoms with van der Waals surface area (Å²) >= 11 is 0. The second-order valence-corrected chi connectivity index (χ2v) is 8.13. The Morgan fingerprint density at radius 2 is 1.92 bits per heavy atom. The molecular formula is C26H24N4O6. The number of nitrogens with zero attached hydrogens (tertiary/aromatic N) is 3. The van der Waals surface area contributed by atoms with E-state index in [0.717, 1.165) is 5.56 Å². The number of hydrogen-bond donors (Lipinski definition) is 2. The summed E-state index contributed by atoms with van der Waals surface area (Å²) in [5, 5.41) is 17.5. The van der Waals surface area contributed by atoms with Crippen LogP contribution in [0.15, 0.2) is 75.5 Å². The van der Waals surface area contributed by atoms with Crippen LogP contribution in [0, 0.1) is 0 Å². The maximum atomic E-state index is 13.2. The Balaban J connectivity index is 1.59. The van der Waals surface area contributed by atoms with Gasteiger partial charge in [-0.3, -0.25) is 4.90 Å². The molecule has 0 saturated heterocycles. The zero-order valence-electron chi connectivity index (χ0n) is 19.9. The predicted octanol–water partition coefficient (Wildman–Crippen LogP) is 4.75. The second kappa shape index (κ2) is 9.49.